The number of nitrogens with zero attached hydrogens (tertiary/aromatic N) is 4. The topological polar surface area (TPSA) is 44.3 Å². The lowest BCUT2D eigenvalue weighted by Gasteiger charge is -2.32. The van der Waals surface area contributed by atoms with Gasteiger partial charge >= 0.3 is 0 Å². The van der Waals surface area contributed by atoms with E-state index in [-0.39, 0.29) is 0 Å². The first-order valence-electron chi connectivity index (χ1n) is 6.79. The van der Waals surface area contributed by atoms with Gasteiger partial charge in [-0.2, -0.15) is 4.98 Å². The van der Waals surface area contributed by atoms with E-state index in [0.717, 1.165) is 50.8 Å². The number of fused-ring (bicyclic) bond motifs is 1. The molecule has 0 amide bonds. The Morgan fingerprint density at radius 3 is 2.56 bits per heavy atom. The van der Waals surface area contributed by atoms with Crippen LogP contribution in [0.25, 0.3) is 0 Å². The predicted octanol–water partition coefficient (Wildman–Crippen LogP) is 0.759. The van der Waals surface area contributed by atoms with Gasteiger partial charge in [0.25, 0.3) is 0 Å². The van der Waals surface area contributed by atoms with E-state index in [1.165, 1.54) is 17.7 Å². The zero-order valence-corrected chi connectivity index (χ0v) is 11.2. The molecule has 1 aromatic rings. The Labute approximate surface area is 108 Å². The van der Waals surface area contributed by atoms with Gasteiger partial charge in [-0.15, -0.1) is 0 Å². The van der Waals surface area contributed by atoms with Gasteiger partial charge in [0.1, 0.15) is 5.82 Å². The third kappa shape index (κ3) is 2.03. The largest absolute Gasteiger partial charge is 0.373 e. The molecule has 1 aliphatic carbocycles. The Balaban J connectivity index is 1.88. The fourth-order valence-electron chi connectivity index (χ4n) is 2.77. The highest BCUT2D eigenvalue weighted by atomic mass is 15.3. The molecule has 98 valence electrons. The van der Waals surface area contributed by atoms with Crippen LogP contribution in [0.4, 0.5) is 11.8 Å². The van der Waals surface area contributed by atoms with Crippen LogP contribution in [-0.2, 0) is 12.8 Å². The van der Waals surface area contributed by atoms with Gasteiger partial charge in [-0.05, 0) is 26.3 Å². The van der Waals surface area contributed by atoms with Gasteiger partial charge in [0.05, 0.1) is 5.69 Å². The summed E-state index contributed by atoms with van der Waals surface area (Å²) in [5.74, 6) is 1.94. The summed E-state index contributed by atoms with van der Waals surface area (Å²) >= 11 is 0. The van der Waals surface area contributed by atoms with Crippen molar-refractivity contribution >= 4 is 11.8 Å². The molecular formula is C13H21N5. The summed E-state index contributed by atoms with van der Waals surface area (Å²) < 4.78 is 0. The van der Waals surface area contributed by atoms with Crippen molar-refractivity contribution in [1.29, 1.82) is 0 Å². The average Bonchev–Trinajstić information content (AvgIpc) is 2.86. The molecule has 3 rings (SSSR count). The lowest BCUT2D eigenvalue weighted by Crippen LogP contribution is -2.45. The van der Waals surface area contributed by atoms with Crippen LogP contribution in [-0.4, -0.2) is 55.1 Å². The minimum Gasteiger partial charge on any atom is -0.373 e. The summed E-state index contributed by atoms with van der Waals surface area (Å²) in [6.45, 7) is 4.24. The molecule has 18 heavy (non-hydrogen) atoms. The van der Waals surface area contributed by atoms with Gasteiger partial charge < -0.3 is 15.1 Å². The number of aryl methyl sites for hydroxylation is 1. The molecule has 0 bridgehead atoms. The van der Waals surface area contributed by atoms with Crippen LogP contribution in [0, 0.1) is 0 Å². The minimum atomic E-state index is 0.910. The number of anilines is 2. The van der Waals surface area contributed by atoms with E-state index in [2.05, 4.69) is 22.2 Å². The van der Waals surface area contributed by atoms with Crippen LogP contribution in [0.1, 0.15) is 17.7 Å². The monoisotopic (exact) mass is 247 g/mol. The number of hydrogen-bond donors (Lipinski definition) is 1. The van der Waals surface area contributed by atoms with Gasteiger partial charge in [-0.25, -0.2) is 4.98 Å². The molecule has 0 spiro atoms. The fraction of sp³-hybridized carbons (Fsp3) is 0.692. The molecule has 1 fully saturated rings. The van der Waals surface area contributed by atoms with E-state index >= 15 is 0 Å². The quantitative estimate of drug-likeness (QED) is 0.836. The van der Waals surface area contributed by atoms with Crippen molar-refractivity contribution in [3.05, 3.63) is 11.3 Å². The van der Waals surface area contributed by atoms with Crippen LogP contribution in [0.15, 0.2) is 0 Å². The second-order valence-electron chi connectivity index (χ2n) is 5.19. The van der Waals surface area contributed by atoms with Crippen LogP contribution < -0.4 is 10.2 Å². The second kappa shape index (κ2) is 4.72. The van der Waals surface area contributed by atoms with Crippen molar-refractivity contribution in [1.82, 2.24) is 14.9 Å². The molecule has 0 saturated carbocycles. The molecule has 5 nitrogen and oxygen atoms in total. The number of piperazine rings is 1. The van der Waals surface area contributed by atoms with Gasteiger partial charge in [-0.1, -0.05) is 0 Å². The molecule has 0 unspecified atom stereocenters. The summed E-state index contributed by atoms with van der Waals surface area (Å²) in [6, 6.07) is 0. The number of nitrogens with one attached hydrogen (secondary N) is 1. The highest BCUT2D eigenvalue weighted by Gasteiger charge is 2.22. The highest BCUT2D eigenvalue weighted by molar-refractivity contribution is 5.52. The minimum absolute atomic E-state index is 0.910. The first-order valence-corrected chi connectivity index (χ1v) is 6.79. The number of likely N-dealkylation sites (N-methyl/N-ethyl adjacent to an activating group) is 1. The molecule has 0 aromatic carbocycles. The van der Waals surface area contributed by atoms with Crippen LogP contribution in [0.3, 0.4) is 0 Å². The third-order valence-corrected chi connectivity index (χ3v) is 3.94. The van der Waals surface area contributed by atoms with Crippen LogP contribution in [0.2, 0.25) is 0 Å². The van der Waals surface area contributed by atoms with Crippen molar-refractivity contribution < 1.29 is 0 Å². The molecule has 2 heterocycles. The van der Waals surface area contributed by atoms with Crippen molar-refractivity contribution in [2.75, 3.05) is 50.5 Å². The normalized spacial score (nSPS) is 20.0. The summed E-state index contributed by atoms with van der Waals surface area (Å²) in [5, 5.41) is 3.23. The molecule has 0 radical (unpaired) electrons. The van der Waals surface area contributed by atoms with Crippen molar-refractivity contribution in [2.45, 2.75) is 19.3 Å². The molecule has 1 N–H and O–H groups in total. The zero-order chi connectivity index (χ0) is 12.5. The van der Waals surface area contributed by atoms with Crippen molar-refractivity contribution in [3.63, 3.8) is 0 Å². The summed E-state index contributed by atoms with van der Waals surface area (Å²) in [4.78, 5) is 14.1. The second-order valence-corrected chi connectivity index (χ2v) is 5.19. The maximum absolute atomic E-state index is 4.77. The Bertz CT molecular complexity index is 437. The fourth-order valence-corrected chi connectivity index (χ4v) is 2.77. The zero-order valence-electron chi connectivity index (χ0n) is 11.2. The predicted molar refractivity (Wildman–Crippen MR) is 73.3 cm³/mol. The van der Waals surface area contributed by atoms with E-state index in [0.29, 0.717) is 0 Å². The van der Waals surface area contributed by atoms with Crippen LogP contribution >= 0.6 is 0 Å². The average molecular weight is 247 g/mol. The van der Waals surface area contributed by atoms with Crippen molar-refractivity contribution in [3.8, 4) is 0 Å². The number of hydrogen-bond acceptors (Lipinski definition) is 5. The number of rotatable bonds is 2. The molecule has 1 aliphatic heterocycles. The Morgan fingerprint density at radius 1 is 1.06 bits per heavy atom. The first-order chi connectivity index (χ1) is 8.78. The highest BCUT2D eigenvalue weighted by Crippen LogP contribution is 2.28. The molecule has 2 aliphatic rings. The first kappa shape index (κ1) is 11.7. The summed E-state index contributed by atoms with van der Waals surface area (Å²) in [5.41, 5.74) is 2.58. The number of aromatic nitrogens is 2. The maximum Gasteiger partial charge on any atom is 0.227 e. The summed E-state index contributed by atoms with van der Waals surface area (Å²) in [7, 11) is 4.12. The van der Waals surface area contributed by atoms with Gasteiger partial charge in [-0.3, -0.25) is 0 Å². The van der Waals surface area contributed by atoms with E-state index in [1.807, 2.05) is 7.05 Å². The summed E-state index contributed by atoms with van der Waals surface area (Å²) in [6.07, 6.45) is 3.44. The molecule has 0 atom stereocenters. The van der Waals surface area contributed by atoms with E-state index < -0.39 is 0 Å². The molecular weight excluding hydrogens is 226 g/mol. The van der Waals surface area contributed by atoms with Crippen molar-refractivity contribution in [2.24, 2.45) is 0 Å². The Hall–Kier alpha value is -1.36. The Morgan fingerprint density at radius 2 is 1.83 bits per heavy atom. The molecule has 5 heteroatoms. The van der Waals surface area contributed by atoms with Gasteiger partial charge in [0.2, 0.25) is 5.95 Å². The third-order valence-electron chi connectivity index (χ3n) is 3.94. The maximum atomic E-state index is 4.77. The lowest BCUT2D eigenvalue weighted by molar-refractivity contribution is 0.311. The Kier molecular flexibility index (Phi) is 3.07. The smallest absolute Gasteiger partial charge is 0.227 e. The SMILES string of the molecule is CNc1nc(N2CCN(C)CC2)nc2c1CCC2. The van der Waals surface area contributed by atoms with Gasteiger partial charge in [0, 0.05) is 38.8 Å². The lowest BCUT2D eigenvalue weighted by atomic mass is 10.2. The van der Waals surface area contributed by atoms with E-state index in [1.54, 1.807) is 0 Å². The molecule has 1 aromatic heterocycles. The standard InChI is InChI=1S/C13H21N5/c1-14-12-10-4-3-5-11(10)15-13(16-12)18-8-6-17(2)7-9-18/h3-9H2,1-2H3,(H,14,15,16). The van der Waals surface area contributed by atoms with E-state index in [4.69, 9.17) is 9.97 Å². The van der Waals surface area contributed by atoms with Crippen LogP contribution in [0.5, 0.6) is 0 Å². The molecule has 1 saturated heterocycles. The van der Waals surface area contributed by atoms with Gasteiger partial charge in [0.15, 0.2) is 0 Å². The van der Waals surface area contributed by atoms with E-state index in [9.17, 15) is 0 Å².